The smallest absolute Gasteiger partial charge is 0.226 e. The lowest BCUT2D eigenvalue weighted by atomic mass is 10.0. The predicted octanol–water partition coefficient (Wildman–Crippen LogP) is 2.75. The Labute approximate surface area is 142 Å². The summed E-state index contributed by atoms with van der Waals surface area (Å²) in [6, 6.07) is 5.89. The molecule has 0 aromatic heterocycles. The number of rotatable bonds is 6. The highest BCUT2D eigenvalue weighted by Crippen LogP contribution is 2.40. The van der Waals surface area contributed by atoms with E-state index >= 15 is 0 Å². The first-order valence-corrected chi connectivity index (χ1v) is 8.68. The van der Waals surface area contributed by atoms with Crippen LogP contribution in [0.5, 0.6) is 0 Å². The molecular formula is C19H25FN2O2. The normalized spacial score (nSPS) is 28.8. The van der Waals surface area contributed by atoms with E-state index in [0.717, 1.165) is 18.4 Å². The lowest BCUT2D eigenvalue weighted by Crippen LogP contribution is -2.40. The number of carbonyl (C=O) groups excluding carboxylic acids is 2. The molecule has 0 aliphatic heterocycles. The van der Waals surface area contributed by atoms with Crippen LogP contribution in [0.15, 0.2) is 24.3 Å². The maximum Gasteiger partial charge on any atom is 0.226 e. The maximum atomic E-state index is 13.2. The SMILES string of the molecule is CC1CC1C(=O)NCC(c1ccc(F)cc1)N(C)C(=O)C1CC1C. The van der Waals surface area contributed by atoms with Gasteiger partial charge in [0, 0.05) is 25.4 Å². The second kappa shape index (κ2) is 6.54. The van der Waals surface area contributed by atoms with Gasteiger partial charge in [0.15, 0.2) is 0 Å². The average molecular weight is 332 g/mol. The Bertz CT molecular complexity index is 631. The topological polar surface area (TPSA) is 49.4 Å². The molecule has 5 heteroatoms. The molecule has 0 spiro atoms. The first-order chi connectivity index (χ1) is 11.4. The highest BCUT2D eigenvalue weighted by Gasteiger charge is 2.43. The van der Waals surface area contributed by atoms with Crippen molar-refractivity contribution in [2.24, 2.45) is 23.7 Å². The van der Waals surface area contributed by atoms with Crippen molar-refractivity contribution >= 4 is 11.8 Å². The van der Waals surface area contributed by atoms with Crippen molar-refractivity contribution in [1.82, 2.24) is 10.2 Å². The summed E-state index contributed by atoms with van der Waals surface area (Å²) < 4.78 is 13.2. The van der Waals surface area contributed by atoms with Crippen molar-refractivity contribution in [2.75, 3.05) is 13.6 Å². The fourth-order valence-electron chi connectivity index (χ4n) is 3.26. The summed E-state index contributed by atoms with van der Waals surface area (Å²) in [6.45, 7) is 4.49. The molecular weight excluding hydrogens is 307 g/mol. The fourth-order valence-corrected chi connectivity index (χ4v) is 3.26. The van der Waals surface area contributed by atoms with Gasteiger partial charge in [0.1, 0.15) is 5.82 Å². The van der Waals surface area contributed by atoms with Gasteiger partial charge in [0.2, 0.25) is 11.8 Å². The predicted molar refractivity (Wildman–Crippen MR) is 89.5 cm³/mol. The molecule has 0 bridgehead atoms. The van der Waals surface area contributed by atoms with Gasteiger partial charge < -0.3 is 10.2 Å². The van der Waals surface area contributed by atoms with Crippen molar-refractivity contribution in [2.45, 2.75) is 32.7 Å². The Morgan fingerprint density at radius 3 is 2.21 bits per heavy atom. The highest BCUT2D eigenvalue weighted by atomic mass is 19.1. The van der Waals surface area contributed by atoms with Gasteiger partial charge in [-0.05, 0) is 42.4 Å². The summed E-state index contributed by atoms with van der Waals surface area (Å²) in [6.07, 6.45) is 1.85. The van der Waals surface area contributed by atoms with E-state index in [1.165, 1.54) is 12.1 Å². The summed E-state index contributed by atoms with van der Waals surface area (Å²) in [5.74, 6) is 0.899. The zero-order valence-electron chi connectivity index (χ0n) is 14.5. The van der Waals surface area contributed by atoms with Crippen LogP contribution < -0.4 is 5.32 Å². The van der Waals surface area contributed by atoms with E-state index in [2.05, 4.69) is 19.2 Å². The van der Waals surface area contributed by atoms with Crippen molar-refractivity contribution in [1.29, 1.82) is 0 Å². The van der Waals surface area contributed by atoms with Crippen molar-refractivity contribution < 1.29 is 14.0 Å². The summed E-state index contributed by atoms with van der Waals surface area (Å²) in [4.78, 5) is 26.4. The third-order valence-corrected chi connectivity index (χ3v) is 5.41. The van der Waals surface area contributed by atoms with Gasteiger partial charge in [0.25, 0.3) is 0 Å². The Morgan fingerprint density at radius 2 is 1.71 bits per heavy atom. The lowest BCUT2D eigenvalue weighted by molar-refractivity contribution is -0.134. The van der Waals surface area contributed by atoms with E-state index in [4.69, 9.17) is 0 Å². The van der Waals surface area contributed by atoms with E-state index in [9.17, 15) is 14.0 Å². The number of carbonyl (C=O) groups is 2. The molecule has 5 atom stereocenters. The maximum absolute atomic E-state index is 13.2. The number of amides is 2. The van der Waals surface area contributed by atoms with Crippen LogP contribution in [0.25, 0.3) is 0 Å². The Balaban J connectivity index is 1.71. The minimum atomic E-state index is -0.307. The lowest BCUT2D eigenvalue weighted by Gasteiger charge is -2.29. The van der Waals surface area contributed by atoms with Crippen LogP contribution in [-0.2, 0) is 9.59 Å². The second-order valence-corrected chi connectivity index (χ2v) is 7.40. The van der Waals surface area contributed by atoms with Gasteiger partial charge in [-0.1, -0.05) is 26.0 Å². The molecule has 1 aromatic rings. The van der Waals surface area contributed by atoms with E-state index in [1.54, 1.807) is 24.1 Å². The van der Waals surface area contributed by atoms with Crippen LogP contribution in [-0.4, -0.2) is 30.3 Å². The second-order valence-electron chi connectivity index (χ2n) is 7.40. The number of halogens is 1. The molecule has 2 fully saturated rings. The molecule has 1 aromatic carbocycles. The van der Waals surface area contributed by atoms with Crippen LogP contribution >= 0.6 is 0 Å². The third kappa shape index (κ3) is 3.60. The molecule has 1 N–H and O–H groups in total. The van der Waals surface area contributed by atoms with Gasteiger partial charge in [-0.2, -0.15) is 0 Å². The number of hydrogen-bond donors (Lipinski definition) is 1. The van der Waals surface area contributed by atoms with Crippen molar-refractivity contribution in [3.8, 4) is 0 Å². The van der Waals surface area contributed by atoms with E-state index in [-0.39, 0.29) is 35.5 Å². The fraction of sp³-hybridized carbons (Fsp3) is 0.579. The first kappa shape index (κ1) is 16.9. The molecule has 2 saturated carbocycles. The molecule has 2 aliphatic rings. The zero-order chi connectivity index (χ0) is 17.4. The van der Waals surface area contributed by atoms with Crippen LogP contribution in [0, 0.1) is 29.5 Å². The number of hydrogen-bond acceptors (Lipinski definition) is 2. The largest absolute Gasteiger partial charge is 0.353 e. The van der Waals surface area contributed by atoms with Crippen molar-refractivity contribution in [3.63, 3.8) is 0 Å². The molecule has 0 heterocycles. The summed E-state index contributed by atoms with van der Waals surface area (Å²) in [5, 5.41) is 2.97. The standard InChI is InChI=1S/C19H25FN2O2/c1-11-8-15(11)18(23)21-10-17(13-4-6-14(20)7-5-13)22(3)19(24)16-9-12(16)2/h4-7,11-12,15-17H,8-10H2,1-3H3,(H,21,23). The first-order valence-electron chi connectivity index (χ1n) is 8.68. The Morgan fingerprint density at radius 1 is 1.17 bits per heavy atom. The van der Waals surface area contributed by atoms with Crippen LogP contribution in [0.1, 0.15) is 38.3 Å². The van der Waals surface area contributed by atoms with E-state index < -0.39 is 0 Å². The van der Waals surface area contributed by atoms with E-state index in [0.29, 0.717) is 18.4 Å². The molecule has 5 unspecified atom stereocenters. The Hall–Kier alpha value is -1.91. The van der Waals surface area contributed by atoms with E-state index in [1.807, 2.05) is 0 Å². The van der Waals surface area contributed by atoms with Gasteiger partial charge in [-0.15, -0.1) is 0 Å². The minimum absolute atomic E-state index is 0.0512. The summed E-state index contributed by atoms with van der Waals surface area (Å²) in [7, 11) is 1.77. The molecule has 3 rings (SSSR count). The third-order valence-electron chi connectivity index (χ3n) is 5.41. The number of benzene rings is 1. The van der Waals surface area contributed by atoms with Crippen LogP contribution in [0.4, 0.5) is 4.39 Å². The number of nitrogens with zero attached hydrogens (tertiary/aromatic N) is 1. The molecule has 2 amide bonds. The molecule has 0 radical (unpaired) electrons. The average Bonchev–Trinajstić information content (AvgIpc) is 3.46. The Kier molecular flexibility index (Phi) is 4.61. The summed E-state index contributed by atoms with van der Waals surface area (Å²) in [5.41, 5.74) is 0.838. The number of nitrogens with one attached hydrogen (secondary N) is 1. The van der Waals surface area contributed by atoms with Gasteiger partial charge in [-0.25, -0.2) is 4.39 Å². The van der Waals surface area contributed by atoms with Gasteiger partial charge in [0.05, 0.1) is 6.04 Å². The monoisotopic (exact) mass is 332 g/mol. The quantitative estimate of drug-likeness (QED) is 0.871. The number of likely N-dealkylation sites (N-methyl/N-ethyl adjacent to an activating group) is 1. The molecule has 4 nitrogen and oxygen atoms in total. The molecule has 130 valence electrons. The van der Waals surface area contributed by atoms with Gasteiger partial charge in [-0.3, -0.25) is 9.59 Å². The highest BCUT2D eigenvalue weighted by molar-refractivity contribution is 5.83. The van der Waals surface area contributed by atoms with Crippen LogP contribution in [0.3, 0.4) is 0 Å². The zero-order valence-corrected chi connectivity index (χ0v) is 14.5. The molecule has 24 heavy (non-hydrogen) atoms. The van der Waals surface area contributed by atoms with Gasteiger partial charge >= 0.3 is 0 Å². The van der Waals surface area contributed by atoms with Crippen LogP contribution in [0.2, 0.25) is 0 Å². The molecule has 2 aliphatic carbocycles. The minimum Gasteiger partial charge on any atom is -0.353 e. The van der Waals surface area contributed by atoms with Crippen molar-refractivity contribution in [3.05, 3.63) is 35.6 Å². The summed E-state index contributed by atoms with van der Waals surface area (Å²) >= 11 is 0. The molecule has 0 saturated heterocycles.